The molecule has 1 heterocycles. The smallest absolute Gasteiger partial charge is 0.0965 e. The van der Waals surface area contributed by atoms with Crippen molar-refractivity contribution in [3.63, 3.8) is 0 Å². The minimum Gasteiger partial charge on any atom is -0.371 e. The second-order valence-corrected chi connectivity index (χ2v) is 6.27. The van der Waals surface area contributed by atoms with Gasteiger partial charge in [-0.2, -0.15) is 0 Å². The van der Waals surface area contributed by atoms with Gasteiger partial charge in [0.25, 0.3) is 0 Å². The Morgan fingerprint density at radius 3 is 2.80 bits per heavy atom. The molecule has 1 aromatic carbocycles. The summed E-state index contributed by atoms with van der Waals surface area (Å²) in [6.07, 6.45) is 10.3. The number of nitrogens with zero attached hydrogens (tertiary/aromatic N) is 1. The second-order valence-electron chi connectivity index (χ2n) is 6.27. The van der Waals surface area contributed by atoms with Gasteiger partial charge in [-0.05, 0) is 43.6 Å². The van der Waals surface area contributed by atoms with Crippen molar-refractivity contribution in [1.29, 1.82) is 0 Å². The summed E-state index contributed by atoms with van der Waals surface area (Å²) in [5.41, 5.74) is 1.48. The first kappa shape index (κ1) is 13.7. The van der Waals surface area contributed by atoms with Crippen LogP contribution in [0.25, 0.3) is 0 Å². The van der Waals surface area contributed by atoms with Gasteiger partial charge in [0.1, 0.15) is 0 Å². The van der Waals surface area contributed by atoms with E-state index in [0.717, 1.165) is 18.9 Å². The highest BCUT2D eigenvalue weighted by Crippen LogP contribution is 2.29. The monoisotopic (exact) mass is 270 g/mol. The first-order valence-electron chi connectivity index (χ1n) is 8.25. The topological polar surface area (TPSA) is 24.4 Å². The number of hydrogen-bond acceptors (Lipinski definition) is 2. The Morgan fingerprint density at radius 2 is 1.90 bits per heavy atom. The van der Waals surface area contributed by atoms with Crippen LogP contribution in [0.2, 0.25) is 0 Å². The molecule has 20 heavy (non-hydrogen) atoms. The highest BCUT2D eigenvalue weighted by Gasteiger charge is 2.28. The standard InChI is InChI=1S/C18H26N2/c1-3-8-15(9-4-1)14-16-10-7-11-17(16)20-18-12-5-2-6-13-19-18/h1,3-4,8-9,16-17H,2,5-7,10-14H2,(H,19,20)/t16-,17-/m0/s1. The minimum absolute atomic E-state index is 0.645. The van der Waals surface area contributed by atoms with Crippen molar-refractivity contribution in [3.8, 4) is 0 Å². The fraction of sp³-hybridized carbons (Fsp3) is 0.611. The number of rotatable bonds is 3. The zero-order valence-corrected chi connectivity index (χ0v) is 12.4. The second kappa shape index (κ2) is 6.92. The summed E-state index contributed by atoms with van der Waals surface area (Å²) in [7, 11) is 0. The molecule has 0 spiro atoms. The number of benzene rings is 1. The summed E-state index contributed by atoms with van der Waals surface area (Å²) < 4.78 is 0. The van der Waals surface area contributed by atoms with Crippen molar-refractivity contribution in [2.45, 2.75) is 57.4 Å². The van der Waals surface area contributed by atoms with Gasteiger partial charge in [0.2, 0.25) is 0 Å². The van der Waals surface area contributed by atoms with E-state index in [-0.39, 0.29) is 0 Å². The van der Waals surface area contributed by atoms with Crippen LogP contribution in [0.3, 0.4) is 0 Å². The third-order valence-corrected chi connectivity index (χ3v) is 4.73. The molecule has 0 aromatic heterocycles. The van der Waals surface area contributed by atoms with Crippen LogP contribution >= 0.6 is 0 Å². The molecular weight excluding hydrogens is 244 g/mol. The third kappa shape index (κ3) is 3.62. The van der Waals surface area contributed by atoms with E-state index in [2.05, 4.69) is 35.6 Å². The molecule has 1 fully saturated rings. The van der Waals surface area contributed by atoms with Crippen LogP contribution in [0, 0.1) is 5.92 Å². The van der Waals surface area contributed by atoms with Crippen LogP contribution in [0.5, 0.6) is 0 Å². The first-order chi connectivity index (χ1) is 9.92. The molecular formula is C18H26N2. The lowest BCUT2D eigenvalue weighted by Gasteiger charge is -2.23. The maximum atomic E-state index is 4.73. The van der Waals surface area contributed by atoms with Crippen LogP contribution in [0.4, 0.5) is 0 Å². The van der Waals surface area contributed by atoms with E-state index in [4.69, 9.17) is 4.99 Å². The van der Waals surface area contributed by atoms with Crippen LogP contribution < -0.4 is 5.32 Å². The summed E-state index contributed by atoms with van der Waals surface area (Å²) in [6, 6.07) is 11.6. The Hall–Kier alpha value is -1.31. The summed E-state index contributed by atoms with van der Waals surface area (Å²) >= 11 is 0. The molecule has 1 aliphatic carbocycles. The van der Waals surface area contributed by atoms with Gasteiger partial charge in [-0.25, -0.2) is 0 Å². The molecule has 0 unspecified atom stereocenters. The molecule has 1 aromatic rings. The lowest BCUT2D eigenvalue weighted by atomic mass is 9.94. The molecule has 0 amide bonds. The van der Waals surface area contributed by atoms with Gasteiger partial charge in [0, 0.05) is 19.0 Å². The summed E-state index contributed by atoms with van der Waals surface area (Å²) in [5.74, 6) is 2.07. The van der Waals surface area contributed by atoms with Gasteiger partial charge in [-0.3, -0.25) is 4.99 Å². The summed E-state index contributed by atoms with van der Waals surface area (Å²) in [5, 5.41) is 3.78. The van der Waals surface area contributed by atoms with Crippen LogP contribution in [-0.4, -0.2) is 18.4 Å². The third-order valence-electron chi connectivity index (χ3n) is 4.73. The largest absolute Gasteiger partial charge is 0.371 e. The van der Waals surface area contributed by atoms with Crippen molar-refractivity contribution in [2.24, 2.45) is 10.9 Å². The molecule has 1 saturated carbocycles. The van der Waals surface area contributed by atoms with Gasteiger partial charge in [0.15, 0.2) is 0 Å². The molecule has 2 atom stereocenters. The lowest BCUT2D eigenvalue weighted by Crippen LogP contribution is -2.38. The van der Waals surface area contributed by atoms with Crippen molar-refractivity contribution in [2.75, 3.05) is 6.54 Å². The molecule has 2 nitrogen and oxygen atoms in total. The Morgan fingerprint density at radius 1 is 1.00 bits per heavy atom. The summed E-state index contributed by atoms with van der Waals surface area (Å²) in [6.45, 7) is 1.03. The van der Waals surface area contributed by atoms with Gasteiger partial charge in [-0.1, -0.05) is 43.2 Å². The first-order valence-corrected chi connectivity index (χ1v) is 8.25. The average molecular weight is 270 g/mol. The number of amidine groups is 1. The van der Waals surface area contributed by atoms with Gasteiger partial charge < -0.3 is 5.32 Å². The minimum atomic E-state index is 0.645. The number of aliphatic imine (C=N–C) groups is 1. The quantitative estimate of drug-likeness (QED) is 0.883. The molecule has 0 radical (unpaired) electrons. The highest BCUT2D eigenvalue weighted by atomic mass is 15.0. The van der Waals surface area contributed by atoms with E-state index in [1.54, 1.807) is 0 Å². The normalized spacial score (nSPS) is 26.9. The Labute approximate surface area is 122 Å². The van der Waals surface area contributed by atoms with E-state index in [9.17, 15) is 0 Å². The average Bonchev–Trinajstić information content (AvgIpc) is 2.74. The lowest BCUT2D eigenvalue weighted by molar-refractivity contribution is 0.443. The van der Waals surface area contributed by atoms with E-state index in [1.165, 1.54) is 56.3 Å². The van der Waals surface area contributed by atoms with Crippen LogP contribution in [0.1, 0.15) is 50.5 Å². The predicted octanol–water partition coefficient (Wildman–Crippen LogP) is 3.96. The Kier molecular flexibility index (Phi) is 4.73. The highest BCUT2D eigenvalue weighted by molar-refractivity contribution is 5.82. The maximum Gasteiger partial charge on any atom is 0.0965 e. The predicted molar refractivity (Wildman–Crippen MR) is 85.2 cm³/mol. The molecule has 0 saturated heterocycles. The van der Waals surface area contributed by atoms with Crippen molar-refractivity contribution < 1.29 is 0 Å². The van der Waals surface area contributed by atoms with E-state index in [1.807, 2.05) is 0 Å². The van der Waals surface area contributed by atoms with Crippen molar-refractivity contribution in [1.82, 2.24) is 5.32 Å². The molecule has 108 valence electrons. The number of hydrogen-bond donors (Lipinski definition) is 1. The van der Waals surface area contributed by atoms with Crippen molar-refractivity contribution >= 4 is 5.84 Å². The van der Waals surface area contributed by atoms with E-state index < -0.39 is 0 Å². The van der Waals surface area contributed by atoms with E-state index >= 15 is 0 Å². The van der Waals surface area contributed by atoms with Gasteiger partial charge in [-0.15, -0.1) is 0 Å². The fourth-order valence-corrected chi connectivity index (χ4v) is 3.59. The zero-order valence-electron chi connectivity index (χ0n) is 12.4. The molecule has 1 aliphatic heterocycles. The molecule has 2 aliphatic rings. The SMILES string of the molecule is c1ccc(C[C@@H]2CCC[C@@H]2NC2=NCCCCC2)cc1. The van der Waals surface area contributed by atoms with Gasteiger partial charge >= 0.3 is 0 Å². The Balaban J connectivity index is 1.59. The fourth-order valence-electron chi connectivity index (χ4n) is 3.59. The maximum absolute atomic E-state index is 4.73. The van der Waals surface area contributed by atoms with Crippen LogP contribution in [-0.2, 0) is 6.42 Å². The Bertz CT molecular complexity index is 438. The molecule has 1 N–H and O–H groups in total. The zero-order chi connectivity index (χ0) is 13.6. The molecule has 3 rings (SSSR count). The molecule has 2 heteroatoms. The summed E-state index contributed by atoms with van der Waals surface area (Å²) in [4.78, 5) is 4.73. The molecule has 0 bridgehead atoms. The van der Waals surface area contributed by atoms with Crippen LogP contribution in [0.15, 0.2) is 35.3 Å². The number of nitrogens with one attached hydrogen (secondary N) is 1. The van der Waals surface area contributed by atoms with Crippen molar-refractivity contribution in [3.05, 3.63) is 35.9 Å². The van der Waals surface area contributed by atoms with Gasteiger partial charge in [0.05, 0.1) is 5.84 Å². The van der Waals surface area contributed by atoms with E-state index in [0.29, 0.717) is 6.04 Å².